The summed E-state index contributed by atoms with van der Waals surface area (Å²) in [5.74, 6) is -0.373. The number of hydrazone groups is 1. The number of hydrogen-bond donors (Lipinski definition) is 1. The summed E-state index contributed by atoms with van der Waals surface area (Å²) in [5.41, 5.74) is 3.84. The Labute approximate surface area is 120 Å². The molecule has 0 radical (unpaired) electrons. The van der Waals surface area contributed by atoms with Gasteiger partial charge in [-0.2, -0.15) is 5.10 Å². The second-order valence-corrected chi connectivity index (χ2v) is 4.18. The summed E-state index contributed by atoms with van der Waals surface area (Å²) in [7, 11) is 0. The molecule has 0 aliphatic heterocycles. The molecule has 2 rings (SSSR count). The first-order valence-electron chi connectivity index (χ1n) is 6.07. The van der Waals surface area contributed by atoms with Gasteiger partial charge < -0.3 is 0 Å². The van der Waals surface area contributed by atoms with Gasteiger partial charge in [0, 0.05) is 35.7 Å². The number of benzene rings is 1. The van der Waals surface area contributed by atoms with E-state index in [9.17, 15) is 14.9 Å². The van der Waals surface area contributed by atoms with Crippen LogP contribution in [-0.4, -0.2) is 21.5 Å². The van der Waals surface area contributed by atoms with Crippen molar-refractivity contribution in [2.24, 2.45) is 5.10 Å². The van der Waals surface area contributed by atoms with E-state index < -0.39 is 4.92 Å². The van der Waals surface area contributed by atoms with Gasteiger partial charge in [-0.15, -0.1) is 0 Å². The molecule has 1 aromatic carbocycles. The van der Waals surface area contributed by atoms with E-state index in [1.54, 1.807) is 31.2 Å². The number of amides is 1. The van der Waals surface area contributed by atoms with Crippen molar-refractivity contribution in [2.45, 2.75) is 6.92 Å². The molecule has 0 aliphatic carbocycles. The monoisotopic (exact) mass is 284 g/mol. The zero-order valence-corrected chi connectivity index (χ0v) is 11.2. The van der Waals surface area contributed by atoms with Crippen LogP contribution in [0.2, 0.25) is 0 Å². The standard InChI is InChI=1S/C14H12N4O3/c1-10(12-3-2-4-13(9-12)18(20)21)16-17-14(19)11-5-7-15-8-6-11/h2-9H,1H3,(H,17,19)/b16-10-. The van der Waals surface area contributed by atoms with E-state index in [1.807, 2.05) is 0 Å². The van der Waals surface area contributed by atoms with E-state index in [4.69, 9.17) is 0 Å². The number of hydrogen-bond acceptors (Lipinski definition) is 5. The number of nitro benzene ring substituents is 1. The quantitative estimate of drug-likeness (QED) is 0.528. The zero-order chi connectivity index (χ0) is 15.2. The minimum Gasteiger partial charge on any atom is -0.267 e. The van der Waals surface area contributed by atoms with Crippen molar-refractivity contribution in [1.82, 2.24) is 10.4 Å². The van der Waals surface area contributed by atoms with Crippen LogP contribution in [0, 0.1) is 10.1 Å². The molecule has 0 saturated carbocycles. The molecule has 0 spiro atoms. The highest BCUT2D eigenvalue weighted by atomic mass is 16.6. The lowest BCUT2D eigenvalue weighted by molar-refractivity contribution is -0.384. The molecule has 1 heterocycles. The van der Waals surface area contributed by atoms with Crippen molar-refractivity contribution >= 4 is 17.3 Å². The number of rotatable bonds is 4. The smallest absolute Gasteiger partial charge is 0.267 e. The van der Waals surface area contributed by atoms with Gasteiger partial charge in [-0.25, -0.2) is 5.43 Å². The first kappa shape index (κ1) is 14.3. The Morgan fingerprint density at radius 3 is 2.62 bits per heavy atom. The SMILES string of the molecule is C/C(=N/NC(=O)c1ccncc1)c1cccc([N+](=O)[O-])c1. The van der Waals surface area contributed by atoms with Crippen molar-refractivity contribution < 1.29 is 9.72 Å². The Hall–Kier alpha value is -3.09. The molecular weight excluding hydrogens is 272 g/mol. The molecule has 0 saturated heterocycles. The van der Waals surface area contributed by atoms with Crippen molar-refractivity contribution in [1.29, 1.82) is 0 Å². The Balaban J connectivity index is 2.13. The number of pyridine rings is 1. The van der Waals surface area contributed by atoms with Gasteiger partial charge in [-0.1, -0.05) is 12.1 Å². The van der Waals surface area contributed by atoms with Crippen LogP contribution in [0.3, 0.4) is 0 Å². The van der Waals surface area contributed by atoms with Gasteiger partial charge in [-0.05, 0) is 19.1 Å². The van der Waals surface area contributed by atoms with Gasteiger partial charge in [0.15, 0.2) is 0 Å². The summed E-state index contributed by atoms with van der Waals surface area (Å²) in [4.78, 5) is 25.9. The second-order valence-electron chi connectivity index (χ2n) is 4.18. The highest BCUT2D eigenvalue weighted by molar-refractivity contribution is 6.01. The van der Waals surface area contributed by atoms with Crippen LogP contribution in [0.25, 0.3) is 0 Å². The van der Waals surface area contributed by atoms with Crippen LogP contribution >= 0.6 is 0 Å². The van der Waals surface area contributed by atoms with Crippen LogP contribution in [-0.2, 0) is 0 Å². The molecule has 0 bridgehead atoms. The third-order valence-corrected chi connectivity index (χ3v) is 2.74. The predicted octanol–water partition coefficient (Wildman–Crippen LogP) is 2.14. The molecule has 7 heteroatoms. The molecule has 0 atom stereocenters. The lowest BCUT2D eigenvalue weighted by Crippen LogP contribution is -2.19. The maximum atomic E-state index is 11.8. The third-order valence-electron chi connectivity index (χ3n) is 2.74. The van der Waals surface area contributed by atoms with E-state index in [1.165, 1.54) is 24.5 Å². The fourth-order valence-corrected chi connectivity index (χ4v) is 1.61. The topological polar surface area (TPSA) is 97.5 Å². The fourth-order valence-electron chi connectivity index (χ4n) is 1.61. The van der Waals surface area contributed by atoms with Gasteiger partial charge >= 0.3 is 0 Å². The molecule has 1 N–H and O–H groups in total. The zero-order valence-electron chi connectivity index (χ0n) is 11.2. The molecule has 1 amide bonds. The van der Waals surface area contributed by atoms with E-state index in [-0.39, 0.29) is 11.6 Å². The Morgan fingerprint density at radius 1 is 1.24 bits per heavy atom. The van der Waals surface area contributed by atoms with Crippen LogP contribution in [0.1, 0.15) is 22.8 Å². The largest absolute Gasteiger partial charge is 0.271 e. The summed E-state index contributed by atoms with van der Waals surface area (Å²) < 4.78 is 0. The molecule has 0 unspecified atom stereocenters. The van der Waals surface area contributed by atoms with Gasteiger partial charge in [0.1, 0.15) is 0 Å². The number of carbonyl (C=O) groups is 1. The summed E-state index contributed by atoms with van der Waals surface area (Å²) >= 11 is 0. The number of non-ortho nitro benzene ring substituents is 1. The van der Waals surface area contributed by atoms with Gasteiger partial charge in [0.2, 0.25) is 0 Å². The molecule has 21 heavy (non-hydrogen) atoms. The number of nitro groups is 1. The summed E-state index contributed by atoms with van der Waals surface area (Å²) in [6.45, 7) is 1.66. The summed E-state index contributed by atoms with van der Waals surface area (Å²) in [6.07, 6.45) is 3.01. The van der Waals surface area contributed by atoms with Gasteiger partial charge in [-0.3, -0.25) is 19.9 Å². The molecule has 2 aromatic rings. The second kappa shape index (κ2) is 6.38. The van der Waals surface area contributed by atoms with Crippen LogP contribution < -0.4 is 5.43 Å². The molecule has 1 aromatic heterocycles. The summed E-state index contributed by atoms with van der Waals surface area (Å²) in [6, 6.07) is 9.17. The Morgan fingerprint density at radius 2 is 1.95 bits per heavy atom. The average molecular weight is 284 g/mol. The number of carbonyl (C=O) groups excluding carboxylic acids is 1. The minimum absolute atomic E-state index is 0.0255. The summed E-state index contributed by atoms with van der Waals surface area (Å²) in [5, 5.41) is 14.7. The molecule has 0 aliphatic rings. The molecule has 7 nitrogen and oxygen atoms in total. The van der Waals surface area contributed by atoms with Crippen LogP contribution in [0.5, 0.6) is 0 Å². The number of nitrogens with zero attached hydrogens (tertiary/aromatic N) is 3. The molecule has 106 valence electrons. The highest BCUT2D eigenvalue weighted by Gasteiger charge is 2.08. The average Bonchev–Trinajstić information content (AvgIpc) is 2.53. The van der Waals surface area contributed by atoms with Crippen molar-refractivity contribution in [3.8, 4) is 0 Å². The molecule has 0 fully saturated rings. The maximum Gasteiger partial charge on any atom is 0.271 e. The highest BCUT2D eigenvalue weighted by Crippen LogP contribution is 2.13. The van der Waals surface area contributed by atoms with Gasteiger partial charge in [0.05, 0.1) is 10.6 Å². The van der Waals surface area contributed by atoms with Crippen molar-refractivity contribution in [3.63, 3.8) is 0 Å². The molecular formula is C14H12N4O3. The van der Waals surface area contributed by atoms with Crippen molar-refractivity contribution in [3.05, 3.63) is 70.0 Å². The van der Waals surface area contributed by atoms with E-state index >= 15 is 0 Å². The predicted molar refractivity (Wildman–Crippen MR) is 77.0 cm³/mol. The third kappa shape index (κ3) is 3.69. The van der Waals surface area contributed by atoms with E-state index in [0.29, 0.717) is 16.8 Å². The van der Waals surface area contributed by atoms with Crippen LogP contribution in [0.4, 0.5) is 5.69 Å². The normalized spacial score (nSPS) is 11.0. The Kier molecular flexibility index (Phi) is 4.35. The lowest BCUT2D eigenvalue weighted by Gasteiger charge is -2.03. The lowest BCUT2D eigenvalue weighted by atomic mass is 10.1. The van der Waals surface area contributed by atoms with Crippen molar-refractivity contribution in [2.75, 3.05) is 0 Å². The Bertz CT molecular complexity index is 698. The maximum absolute atomic E-state index is 11.8. The fraction of sp³-hybridized carbons (Fsp3) is 0.0714. The number of aromatic nitrogens is 1. The minimum atomic E-state index is -0.480. The number of nitrogens with one attached hydrogen (secondary N) is 1. The first-order chi connectivity index (χ1) is 10.1. The van der Waals surface area contributed by atoms with Crippen LogP contribution in [0.15, 0.2) is 53.9 Å². The van der Waals surface area contributed by atoms with E-state index in [2.05, 4.69) is 15.5 Å². The van der Waals surface area contributed by atoms with E-state index in [0.717, 1.165) is 0 Å². The first-order valence-corrected chi connectivity index (χ1v) is 6.07. The van der Waals surface area contributed by atoms with Gasteiger partial charge in [0.25, 0.3) is 11.6 Å².